The Morgan fingerprint density at radius 3 is 1.28 bits per heavy atom. The van der Waals surface area contributed by atoms with Gasteiger partial charge < -0.3 is 0 Å². The van der Waals surface area contributed by atoms with Crippen LogP contribution in [0.3, 0.4) is 0 Å². The van der Waals surface area contributed by atoms with Crippen LogP contribution in [-0.2, 0) is 7.53 Å². The van der Waals surface area contributed by atoms with E-state index >= 15 is 0 Å². The van der Waals surface area contributed by atoms with Crippen molar-refractivity contribution in [2.24, 2.45) is 0 Å². The summed E-state index contributed by atoms with van der Waals surface area (Å²) in [6.07, 6.45) is 11.7. The van der Waals surface area contributed by atoms with E-state index < -0.39 is 27.2 Å². The Balaban J connectivity index is 1.46. The first kappa shape index (κ1) is 26.4. The Kier molecular flexibility index (Phi) is 8.87. The number of hydrogen-bond acceptors (Lipinski definition) is 4. The molecule has 0 aromatic heterocycles. The summed E-state index contributed by atoms with van der Waals surface area (Å²) in [5.74, 6) is 0. The molecule has 2 saturated carbocycles. The van der Waals surface area contributed by atoms with Crippen LogP contribution in [-0.4, -0.2) is 49.7 Å². The van der Waals surface area contributed by atoms with Gasteiger partial charge in [0.2, 0.25) is 0 Å². The van der Waals surface area contributed by atoms with Crippen molar-refractivity contribution in [1.29, 1.82) is 0 Å². The van der Waals surface area contributed by atoms with E-state index in [0.29, 0.717) is 22.7 Å². The predicted octanol–water partition coefficient (Wildman–Crippen LogP) is 7.44. The molecule has 5 rings (SSSR count). The second kappa shape index (κ2) is 12.1. The number of rotatable bonds is 6. The van der Waals surface area contributed by atoms with Crippen LogP contribution in [0.25, 0.3) is 0 Å². The summed E-state index contributed by atoms with van der Waals surface area (Å²) >= 11 is -6.91. The fourth-order valence-corrected chi connectivity index (χ4v) is 27.3. The third-order valence-corrected chi connectivity index (χ3v) is 28.4. The molecule has 4 nitrogen and oxygen atoms in total. The van der Waals surface area contributed by atoms with Gasteiger partial charge in [0.25, 0.3) is 0 Å². The summed E-state index contributed by atoms with van der Waals surface area (Å²) in [6.45, 7) is 1.06. The number of carbonyl (C=O) groups is 2. The van der Waals surface area contributed by atoms with E-state index in [9.17, 15) is 9.59 Å². The Bertz CT molecular complexity index is 922. The summed E-state index contributed by atoms with van der Waals surface area (Å²) in [7, 11) is 0. The molecule has 1 heterocycles. The van der Waals surface area contributed by atoms with Crippen LogP contribution in [0.15, 0.2) is 60.7 Å². The molecular weight excluding hydrogens is 570 g/mol. The summed E-state index contributed by atoms with van der Waals surface area (Å²) in [5, 5.41) is 1.47. The minimum absolute atomic E-state index is 0.290. The molecule has 0 radical (unpaired) electrons. The molecule has 2 unspecified atom stereocenters. The average Bonchev–Trinajstić information content (AvgIpc) is 2.95. The molecule has 3 fully saturated rings. The first-order chi connectivity index (χ1) is 17.7. The molecule has 0 bridgehead atoms. The maximum absolute atomic E-state index is 14.2. The van der Waals surface area contributed by atoms with Crippen LogP contribution in [0.1, 0.15) is 84.9 Å². The zero-order valence-electron chi connectivity index (χ0n) is 21.5. The van der Waals surface area contributed by atoms with E-state index in [-0.39, 0.29) is 9.23 Å². The molecule has 6 heteroatoms. The van der Waals surface area contributed by atoms with Gasteiger partial charge in [-0.2, -0.15) is 0 Å². The molecular formula is C30H40Ge2O4. The zero-order chi connectivity index (χ0) is 24.8. The van der Waals surface area contributed by atoms with E-state index in [2.05, 4.69) is 0 Å². The van der Waals surface area contributed by atoms with Crippen molar-refractivity contribution in [1.82, 2.24) is 0 Å². The van der Waals surface area contributed by atoms with Crippen molar-refractivity contribution < 1.29 is 17.1 Å². The quantitative estimate of drug-likeness (QED) is 0.320. The Morgan fingerprint density at radius 2 is 0.917 bits per heavy atom. The van der Waals surface area contributed by atoms with Crippen LogP contribution in [0.5, 0.6) is 0 Å². The minimum atomic E-state index is -3.46. The molecule has 2 aromatic rings. The third-order valence-electron chi connectivity index (χ3n) is 9.04. The van der Waals surface area contributed by atoms with Gasteiger partial charge in [0.15, 0.2) is 0 Å². The van der Waals surface area contributed by atoms with E-state index in [1.165, 1.54) is 38.5 Å². The Hall–Kier alpha value is -1.21. The van der Waals surface area contributed by atoms with Crippen LogP contribution >= 0.6 is 0 Å². The van der Waals surface area contributed by atoms with Gasteiger partial charge in [-0.25, -0.2) is 0 Å². The summed E-state index contributed by atoms with van der Waals surface area (Å²) in [6, 6.07) is 19.7. The third kappa shape index (κ3) is 5.34. The van der Waals surface area contributed by atoms with E-state index in [1.807, 2.05) is 60.7 Å². The van der Waals surface area contributed by atoms with E-state index in [1.54, 1.807) is 0 Å². The molecule has 1 saturated heterocycles. The number of hydrogen-bond donors (Lipinski definition) is 0. The molecule has 1 aliphatic heterocycles. The molecule has 3 aliphatic rings. The van der Waals surface area contributed by atoms with Gasteiger partial charge in [0, 0.05) is 0 Å². The van der Waals surface area contributed by atoms with Crippen LogP contribution in [0.2, 0.25) is 20.0 Å². The molecule has 2 aromatic carbocycles. The van der Waals surface area contributed by atoms with Crippen molar-refractivity contribution in [3.8, 4) is 0 Å². The predicted molar refractivity (Wildman–Crippen MR) is 148 cm³/mol. The molecule has 36 heavy (non-hydrogen) atoms. The molecule has 2 atom stereocenters. The summed E-state index contributed by atoms with van der Waals surface area (Å²) in [5.41, 5.74) is 1.62. The van der Waals surface area contributed by atoms with Crippen LogP contribution in [0.4, 0.5) is 0 Å². The average molecular weight is 610 g/mol. The monoisotopic (exact) mass is 612 g/mol. The topological polar surface area (TPSA) is 52.6 Å². The van der Waals surface area contributed by atoms with Gasteiger partial charge in [0.1, 0.15) is 0 Å². The second-order valence-electron chi connectivity index (χ2n) is 11.0. The molecule has 0 N–H and O–H groups in total. The van der Waals surface area contributed by atoms with Crippen molar-refractivity contribution in [2.75, 3.05) is 13.2 Å². The fourth-order valence-electron chi connectivity index (χ4n) is 7.09. The van der Waals surface area contributed by atoms with Gasteiger partial charge in [-0.05, 0) is 0 Å². The maximum atomic E-state index is 14.2. The standard InChI is InChI=1S/C30H40Ge2O4/c33-29(25-13-5-1-6-14-25)31(27-17-9-3-10-18-27)21-23-36-32(22-24-35-31,28-19-11-4-12-20-28)30(34)26-15-7-2-8-16-26/h1-2,5-8,13-16,27-28H,3-4,9-12,17-24H2. The first-order valence-electron chi connectivity index (χ1n) is 14.1. The van der Waals surface area contributed by atoms with E-state index in [0.717, 1.165) is 47.3 Å². The first-order valence-corrected chi connectivity index (χ1v) is 23.3. The van der Waals surface area contributed by atoms with Crippen LogP contribution < -0.4 is 0 Å². The normalized spacial score (nSPS) is 28.7. The van der Waals surface area contributed by atoms with Gasteiger partial charge in [-0.15, -0.1) is 0 Å². The molecule has 2 aliphatic carbocycles. The van der Waals surface area contributed by atoms with Gasteiger partial charge in [0.05, 0.1) is 0 Å². The van der Waals surface area contributed by atoms with Crippen molar-refractivity contribution in [3.63, 3.8) is 0 Å². The SMILES string of the molecule is O=[C](c1ccccc1)[Ge]1([CH]2CCCCC2)[CH2]C[O][Ge]([C](=O)c2ccccc2)([CH]2CCCCC2)[CH2]C[O]1. The van der Waals surface area contributed by atoms with E-state index in [4.69, 9.17) is 7.53 Å². The molecule has 0 amide bonds. The van der Waals surface area contributed by atoms with Crippen LogP contribution in [0, 0.1) is 0 Å². The van der Waals surface area contributed by atoms with Crippen molar-refractivity contribution >= 4 is 36.4 Å². The summed E-state index contributed by atoms with van der Waals surface area (Å²) < 4.78 is 15.4. The molecule has 192 valence electrons. The Morgan fingerprint density at radius 1 is 0.556 bits per heavy atom. The van der Waals surface area contributed by atoms with Crippen molar-refractivity contribution in [2.45, 2.75) is 84.2 Å². The van der Waals surface area contributed by atoms with Gasteiger partial charge >= 0.3 is 223 Å². The number of carbonyl (C=O) groups excluding carboxylic acids is 2. The second-order valence-corrected chi connectivity index (χ2v) is 27.1. The fraction of sp³-hybridized carbons (Fsp3) is 0.533. The molecule has 0 spiro atoms. The zero-order valence-corrected chi connectivity index (χ0v) is 25.7. The van der Waals surface area contributed by atoms with Gasteiger partial charge in [-0.3, -0.25) is 0 Å². The number of benzene rings is 2. The Labute approximate surface area is 221 Å². The summed E-state index contributed by atoms with van der Waals surface area (Å²) in [4.78, 5) is 28.3. The van der Waals surface area contributed by atoms with Gasteiger partial charge in [-0.1, -0.05) is 0 Å². The van der Waals surface area contributed by atoms with Crippen molar-refractivity contribution in [3.05, 3.63) is 71.8 Å².